The zero-order valence-electron chi connectivity index (χ0n) is 38.6. The summed E-state index contributed by atoms with van der Waals surface area (Å²) in [5, 5.41) is 10.1. The molecule has 332 valence electrons. The third-order valence-electron chi connectivity index (χ3n) is 13.9. The van der Waals surface area contributed by atoms with Gasteiger partial charge in [0, 0.05) is 60.6 Å². The van der Waals surface area contributed by atoms with Crippen LogP contribution in [0.3, 0.4) is 0 Å². The summed E-state index contributed by atoms with van der Waals surface area (Å²) >= 11 is 0. The van der Waals surface area contributed by atoms with Gasteiger partial charge in [-0.2, -0.15) is 0 Å². The predicted molar refractivity (Wildman–Crippen MR) is 290 cm³/mol. The SMILES string of the molecule is CCC/C=C\c1c(C)oc2c(N(c3ccccc3)c3ccc4c(c3)c3ccccc3c3c5ccc(-c6ccc(N(C7=CCCC=C7)c7cccc8c7oc7ccccc78)cc6)cc5oc43)cccc12. The van der Waals surface area contributed by atoms with Gasteiger partial charge in [0.05, 0.1) is 11.4 Å². The Bertz CT molecular complexity index is 4050. The number of nitrogens with zero attached hydrogens (tertiary/aromatic N) is 2. The first-order chi connectivity index (χ1) is 34.1. The van der Waals surface area contributed by atoms with Gasteiger partial charge in [-0.3, -0.25) is 0 Å². The number of allylic oxidation sites excluding steroid dienone is 4. The standard InChI is InChI=1S/C64H48N2O3/c1-3-4-7-22-48-41(2)67-62-52(48)26-16-28-57(62)66(45-20-10-6-11-21-45)47-36-38-54-56(40-47)49-23-12-13-25-51(49)61-55-37-33-43(39-60(55)69-64(54)61)42-31-34-46(35-32-42)65(44-18-8-5-9-19-44)58-29-17-27-53-50-24-14-15-30-59(50)68-63(53)58/h6-8,10-40H,3-5,9H2,1-2H3/b22-7-. The molecule has 0 amide bonds. The van der Waals surface area contributed by atoms with Crippen molar-refractivity contribution in [3.63, 3.8) is 0 Å². The van der Waals surface area contributed by atoms with Gasteiger partial charge in [0.2, 0.25) is 0 Å². The highest BCUT2D eigenvalue weighted by Crippen LogP contribution is 2.47. The fourth-order valence-electron chi connectivity index (χ4n) is 10.7. The fourth-order valence-corrected chi connectivity index (χ4v) is 10.7. The molecule has 13 rings (SSSR count). The number of furan rings is 3. The molecule has 0 atom stereocenters. The maximum absolute atomic E-state index is 7.02. The number of unbranched alkanes of at least 4 members (excludes halogenated alkanes) is 1. The molecule has 1 aliphatic rings. The van der Waals surface area contributed by atoms with Crippen LogP contribution < -0.4 is 9.80 Å². The van der Waals surface area contributed by atoms with Crippen LogP contribution in [0.2, 0.25) is 0 Å². The van der Waals surface area contributed by atoms with Crippen LogP contribution in [0.4, 0.5) is 28.4 Å². The third kappa shape index (κ3) is 6.76. The molecule has 69 heavy (non-hydrogen) atoms. The van der Waals surface area contributed by atoms with E-state index in [2.05, 4.69) is 218 Å². The lowest BCUT2D eigenvalue weighted by atomic mass is 9.95. The summed E-state index contributed by atoms with van der Waals surface area (Å²) in [6.45, 7) is 4.27. The molecule has 0 N–H and O–H groups in total. The summed E-state index contributed by atoms with van der Waals surface area (Å²) in [4.78, 5) is 4.65. The Morgan fingerprint density at radius 1 is 0.478 bits per heavy atom. The predicted octanol–water partition coefficient (Wildman–Crippen LogP) is 19.2. The van der Waals surface area contributed by atoms with Crippen LogP contribution in [-0.2, 0) is 0 Å². The average molecular weight is 893 g/mol. The van der Waals surface area contributed by atoms with E-state index >= 15 is 0 Å². The van der Waals surface area contributed by atoms with Crippen LogP contribution in [0.15, 0.2) is 219 Å². The van der Waals surface area contributed by atoms with Crippen molar-refractivity contribution >= 4 is 111 Å². The van der Waals surface area contributed by atoms with Gasteiger partial charge >= 0.3 is 0 Å². The highest BCUT2D eigenvalue weighted by atomic mass is 16.3. The number of anilines is 5. The second kappa shape index (κ2) is 16.7. The highest BCUT2D eigenvalue weighted by molar-refractivity contribution is 6.30. The van der Waals surface area contributed by atoms with E-state index in [1.54, 1.807) is 0 Å². The number of aryl methyl sites for hydroxylation is 1. The molecule has 5 nitrogen and oxygen atoms in total. The van der Waals surface area contributed by atoms with E-state index in [1.165, 1.54) is 5.39 Å². The number of hydrogen-bond acceptors (Lipinski definition) is 5. The Labute approximate surface area is 400 Å². The molecule has 0 saturated carbocycles. The smallest absolute Gasteiger partial charge is 0.159 e. The summed E-state index contributed by atoms with van der Waals surface area (Å²) in [6, 6.07) is 62.8. The van der Waals surface area contributed by atoms with Crippen molar-refractivity contribution in [3.05, 3.63) is 217 Å². The van der Waals surface area contributed by atoms with Crippen LogP contribution in [0, 0.1) is 6.92 Å². The number of hydrogen-bond donors (Lipinski definition) is 0. The van der Waals surface area contributed by atoms with Crippen molar-refractivity contribution in [2.45, 2.75) is 39.5 Å². The van der Waals surface area contributed by atoms with Crippen molar-refractivity contribution in [3.8, 4) is 11.1 Å². The Kier molecular flexibility index (Phi) is 9.83. The van der Waals surface area contributed by atoms with E-state index in [4.69, 9.17) is 13.3 Å². The zero-order valence-corrected chi connectivity index (χ0v) is 38.6. The molecule has 0 unspecified atom stereocenters. The molecule has 3 heterocycles. The molecule has 9 aromatic carbocycles. The lowest BCUT2D eigenvalue weighted by Gasteiger charge is -2.27. The van der Waals surface area contributed by atoms with Crippen LogP contribution in [0.5, 0.6) is 0 Å². The Morgan fingerprint density at radius 3 is 1.94 bits per heavy atom. The van der Waals surface area contributed by atoms with E-state index < -0.39 is 0 Å². The molecule has 0 spiro atoms. The van der Waals surface area contributed by atoms with Gasteiger partial charge in [-0.15, -0.1) is 0 Å². The van der Waals surface area contributed by atoms with Crippen LogP contribution in [0.1, 0.15) is 43.9 Å². The molecule has 1 aliphatic carbocycles. The summed E-state index contributed by atoms with van der Waals surface area (Å²) in [5.74, 6) is 0.916. The molecule has 0 radical (unpaired) electrons. The van der Waals surface area contributed by atoms with Gasteiger partial charge < -0.3 is 23.1 Å². The minimum absolute atomic E-state index is 0.860. The van der Waals surface area contributed by atoms with Crippen LogP contribution in [0.25, 0.3) is 93.6 Å². The maximum Gasteiger partial charge on any atom is 0.159 e. The van der Waals surface area contributed by atoms with Crippen molar-refractivity contribution < 1.29 is 13.3 Å². The molecule has 0 bridgehead atoms. The van der Waals surface area contributed by atoms with Gasteiger partial charge in [0.15, 0.2) is 11.2 Å². The van der Waals surface area contributed by atoms with Gasteiger partial charge in [-0.1, -0.05) is 141 Å². The minimum Gasteiger partial charge on any atom is -0.459 e. The van der Waals surface area contributed by atoms with E-state index in [1.807, 2.05) is 12.1 Å². The highest BCUT2D eigenvalue weighted by Gasteiger charge is 2.24. The third-order valence-corrected chi connectivity index (χ3v) is 13.9. The minimum atomic E-state index is 0.860. The molecular formula is C64H48N2O3. The normalized spacial score (nSPS) is 13.0. The first kappa shape index (κ1) is 40.7. The molecule has 0 saturated heterocycles. The van der Waals surface area contributed by atoms with Crippen LogP contribution in [-0.4, -0.2) is 0 Å². The largest absolute Gasteiger partial charge is 0.459 e. The molecular weight excluding hydrogens is 845 g/mol. The first-order valence-electron chi connectivity index (χ1n) is 24.1. The molecule has 12 aromatic rings. The Morgan fingerprint density at radius 2 is 1.13 bits per heavy atom. The monoisotopic (exact) mass is 892 g/mol. The van der Waals surface area contributed by atoms with Gasteiger partial charge in [0.25, 0.3) is 0 Å². The molecule has 0 aliphatic heterocycles. The molecule has 5 heteroatoms. The van der Waals surface area contributed by atoms with Gasteiger partial charge in [-0.05, 0) is 132 Å². The maximum atomic E-state index is 7.02. The lowest BCUT2D eigenvalue weighted by molar-refractivity contribution is 0.578. The van der Waals surface area contributed by atoms with Crippen molar-refractivity contribution in [1.82, 2.24) is 0 Å². The van der Waals surface area contributed by atoms with Gasteiger partial charge in [-0.25, -0.2) is 0 Å². The van der Waals surface area contributed by atoms with E-state index in [-0.39, 0.29) is 0 Å². The summed E-state index contributed by atoms with van der Waals surface area (Å²) in [7, 11) is 0. The number of rotatable bonds is 10. The van der Waals surface area contributed by atoms with Crippen molar-refractivity contribution in [2.24, 2.45) is 0 Å². The summed E-state index contributed by atoms with van der Waals surface area (Å²) < 4.78 is 20.2. The van der Waals surface area contributed by atoms with Crippen LogP contribution >= 0.6 is 0 Å². The lowest BCUT2D eigenvalue weighted by Crippen LogP contribution is -2.16. The first-order valence-corrected chi connectivity index (χ1v) is 24.1. The molecule has 3 aromatic heterocycles. The summed E-state index contributed by atoms with van der Waals surface area (Å²) in [6.07, 6.45) is 15.4. The second-order valence-corrected chi connectivity index (χ2v) is 18.1. The van der Waals surface area contributed by atoms with E-state index in [0.717, 1.165) is 153 Å². The number of para-hydroxylation sites is 4. The Balaban J connectivity index is 0.915. The van der Waals surface area contributed by atoms with E-state index in [9.17, 15) is 0 Å². The van der Waals surface area contributed by atoms with Crippen molar-refractivity contribution in [2.75, 3.05) is 9.80 Å². The second-order valence-electron chi connectivity index (χ2n) is 18.1. The quantitative estimate of drug-likeness (QED) is 0.128. The Hall–Kier alpha value is -8.54. The van der Waals surface area contributed by atoms with E-state index in [0.29, 0.717) is 0 Å². The van der Waals surface area contributed by atoms with Gasteiger partial charge in [0.1, 0.15) is 22.5 Å². The van der Waals surface area contributed by atoms with Crippen molar-refractivity contribution in [1.29, 1.82) is 0 Å². The molecule has 0 fully saturated rings. The fraction of sp³-hybridized carbons (Fsp3) is 0.0938. The number of fused-ring (bicyclic) bond motifs is 12. The summed E-state index contributed by atoms with van der Waals surface area (Å²) in [5.41, 5.74) is 14.0. The average Bonchev–Trinajstić information content (AvgIpc) is 4.09. The zero-order chi connectivity index (χ0) is 46.0. The topological polar surface area (TPSA) is 45.9 Å². The number of benzene rings is 9.